The van der Waals surface area contributed by atoms with Crippen molar-refractivity contribution in [3.05, 3.63) is 83.9 Å². The van der Waals surface area contributed by atoms with Crippen LogP contribution in [0.1, 0.15) is 24.0 Å². The zero-order chi connectivity index (χ0) is 20.6. The molecule has 4 aromatic rings. The van der Waals surface area contributed by atoms with Crippen LogP contribution in [-0.4, -0.2) is 35.9 Å². The molecule has 0 radical (unpaired) electrons. The number of likely N-dealkylation sites (tertiary alicyclic amines) is 1. The molecule has 5 rings (SSSR count). The smallest absolute Gasteiger partial charge is 0.230 e. The van der Waals surface area contributed by atoms with Crippen molar-refractivity contribution in [2.45, 2.75) is 24.8 Å². The molecule has 1 amide bonds. The lowest BCUT2D eigenvalue weighted by molar-refractivity contribution is -0.128. The summed E-state index contributed by atoms with van der Waals surface area (Å²) in [6, 6.07) is 25.4. The first-order valence-corrected chi connectivity index (χ1v) is 10.7. The standard InChI is InChI=1S/C26H27N3O/c1-27-25(30)26(20-7-3-2-4-8-20)13-15-29(16-14-26)18-19-11-12-24-22(17-19)21-9-5-6-10-23(21)28-24/h2-12,17,28H,13-16,18H2,1H3,(H,27,30). The molecule has 4 nitrogen and oxygen atoms in total. The maximum Gasteiger partial charge on any atom is 0.230 e. The molecule has 0 aliphatic carbocycles. The minimum Gasteiger partial charge on any atom is -0.358 e. The van der Waals surface area contributed by atoms with Crippen LogP contribution in [-0.2, 0) is 16.8 Å². The van der Waals surface area contributed by atoms with E-state index in [1.165, 1.54) is 27.4 Å². The summed E-state index contributed by atoms with van der Waals surface area (Å²) in [6.07, 6.45) is 1.68. The highest BCUT2D eigenvalue weighted by Crippen LogP contribution is 2.36. The minimum absolute atomic E-state index is 0.133. The molecule has 1 aromatic heterocycles. The van der Waals surface area contributed by atoms with Gasteiger partial charge in [0.05, 0.1) is 5.41 Å². The summed E-state index contributed by atoms with van der Waals surface area (Å²) in [4.78, 5) is 18.8. The Labute approximate surface area is 176 Å². The molecule has 2 heterocycles. The quantitative estimate of drug-likeness (QED) is 0.529. The van der Waals surface area contributed by atoms with Crippen LogP contribution in [0.25, 0.3) is 21.8 Å². The summed E-state index contributed by atoms with van der Waals surface area (Å²) in [5, 5.41) is 5.47. The van der Waals surface area contributed by atoms with Crippen LogP contribution in [0.4, 0.5) is 0 Å². The summed E-state index contributed by atoms with van der Waals surface area (Å²) in [5.41, 5.74) is 4.39. The van der Waals surface area contributed by atoms with Crippen molar-refractivity contribution in [3.8, 4) is 0 Å². The fourth-order valence-corrected chi connectivity index (χ4v) is 4.99. The number of aromatic nitrogens is 1. The van der Waals surface area contributed by atoms with Gasteiger partial charge in [-0.25, -0.2) is 0 Å². The molecular formula is C26H27N3O. The monoisotopic (exact) mass is 397 g/mol. The van der Waals surface area contributed by atoms with Crippen LogP contribution in [0.5, 0.6) is 0 Å². The number of amides is 1. The fourth-order valence-electron chi connectivity index (χ4n) is 4.99. The molecule has 4 heteroatoms. The second kappa shape index (κ2) is 7.62. The average Bonchev–Trinajstić information content (AvgIpc) is 3.18. The van der Waals surface area contributed by atoms with Crippen molar-refractivity contribution in [3.63, 3.8) is 0 Å². The zero-order valence-electron chi connectivity index (χ0n) is 17.3. The van der Waals surface area contributed by atoms with Gasteiger partial charge in [-0.15, -0.1) is 0 Å². The highest BCUT2D eigenvalue weighted by atomic mass is 16.2. The van der Waals surface area contributed by atoms with Gasteiger partial charge in [0.15, 0.2) is 0 Å². The third kappa shape index (κ3) is 3.17. The second-order valence-corrected chi connectivity index (χ2v) is 8.35. The molecule has 1 aliphatic heterocycles. The lowest BCUT2D eigenvalue weighted by Crippen LogP contribution is -2.50. The minimum atomic E-state index is -0.423. The number of benzene rings is 3. The van der Waals surface area contributed by atoms with Crippen LogP contribution >= 0.6 is 0 Å². The normalized spacial score (nSPS) is 16.7. The Hall–Kier alpha value is -3.11. The van der Waals surface area contributed by atoms with Crippen molar-refractivity contribution in [1.29, 1.82) is 0 Å². The number of H-pyrrole nitrogens is 1. The number of rotatable bonds is 4. The number of fused-ring (bicyclic) bond motifs is 3. The maximum atomic E-state index is 12.9. The van der Waals surface area contributed by atoms with Crippen LogP contribution in [0, 0.1) is 0 Å². The average molecular weight is 398 g/mol. The van der Waals surface area contributed by atoms with E-state index in [0.29, 0.717) is 0 Å². The van der Waals surface area contributed by atoms with Gasteiger partial charge in [-0.1, -0.05) is 54.6 Å². The molecule has 3 aromatic carbocycles. The highest BCUT2D eigenvalue weighted by molar-refractivity contribution is 6.07. The molecule has 0 spiro atoms. The summed E-state index contributed by atoms with van der Waals surface area (Å²) < 4.78 is 0. The zero-order valence-corrected chi connectivity index (χ0v) is 17.3. The van der Waals surface area contributed by atoms with Gasteiger partial charge in [0.2, 0.25) is 5.91 Å². The Kier molecular flexibility index (Phi) is 4.80. The van der Waals surface area contributed by atoms with Gasteiger partial charge in [-0.2, -0.15) is 0 Å². The topological polar surface area (TPSA) is 48.1 Å². The summed E-state index contributed by atoms with van der Waals surface area (Å²) in [5.74, 6) is 0.133. The lowest BCUT2D eigenvalue weighted by atomic mass is 9.72. The number of piperidine rings is 1. The van der Waals surface area contributed by atoms with Crippen molar-refractivity contribution in [2.24, 2.45) is 0 Å². The molecule has 152 valence electrons. The Bertz CT molecular complexity index is 1190. The number of aromatic amines is 1. The number of nitrogens with zero attached hydrogens (tertiary/aromatic N) is 1. The first-order chi connectivity index (χ1) is 14.7. The van der Waals surface area contributed by atoms with E-state index in [9.17, 15) is 4.79 Å². The van der Waals surface area contributed by atoms with E-state index in [0.717, 1.165) is 38.0 Å². The number of hydrogen-bond donors (Lipinski definition) is 2. The van der Waals surface area contributed by atoms with Crippen LogP contribution in [0.2, 0.25) is 0 Å². The Balaban J connectivity index is 1.36. The predicted molar refractivity (Wildman–Crippen MR) is 123 cm³/mol. The molecule has 1 saturated heterocycles. The summed E-state index contributed by atoms with van der Waals surface area (Å²) in [6.45, 7) is 2.73. The van der Waals surface area contributed by atoms with E-state index in [1.54, 1.807) is 7.05 Å². The third-order valence-electron chi connectivity index (χ3n) is 6.67. The largest absolute Gasteiger partial charge is 0.358 e. The van der Waals surface area contributed by atoms with E-state index < -0.39 is 5.41 Å². The molecule has 2 N–H and O–H groups in total. The first kappa shape index (κ1) is 18.9. The van der Waals surface area contributed by atoms with Crippen LogP contribution in [0.15, 0.2) is 72.8 Å². The van der Waals surface area contributed by atoms with E-state index in [2.05, 4.69) is 69.8 Å². The number of para-hydroxylation sites is 1. The maximum absolute atomic E-state index is 12.9. The van der Waals surface area contributed by atoms with Crippen molar-refractivity contribution >= 4 is 27.7 Å². The summed E-state index contributed by atoms with van der Waals surface area (Å²) in [7, 11) is 1.75. The number of carbonyl (C=O) groups is 1. The first-order valence-electron chi connectivity index (χ1n) is 10.7. The van der Waals surface area contributed by atoms with E-state index >= 15 is 0 Å². The molecule has 1 fully saturated rings. The molecule has 0 unspecified atom stereocenters. The van der Waals surface area contributed by atoms with Gasteiger partial charge < -0.3 is 10.3 Å². The predicted octanol–water partition coefficient (Wildman–Crippen LogP) is 4.60. The van der Waals surface area contributed by atoms with Gasteiger partial charge in [-0.3, -0.25) is 9.69 Å². The fraction of sp³-hybridized carbons (Fsp3) is 0.269. The number of likely N-dealkylation sites (N-methyl/N-ethyl adjacent to an activating group) is 1. The Morgan fingerprint density at radius 1 is 0.933 bits per heavy atom. The van der Waals surface area contributed by atoms with E-state index in [4.69, 9.17) is 0 Å². The van der Waals surface area contributed by atoms with E-state index in [1.807, 2.05) is 18.2 Å². The van der Waals surface area contributed by atoms with Gasteiger partial charge in [0.25, 0.3) is 0 Å². The highest BCUT2D eigenvalue weighted by Gasteiger charge is 2.42. The Morgan fingerprint density at radius 2 is 1.63 bits per heavy atom. The molecule has 0 bridgehead atoms. The Morgan fingerprint density at radius 3 is 2.40 bits per heavy atom. The van der Waals surface area contributed by atoms with Gasteiger partial charge >= 0.3 is 0 Å². The van der Waals surface area contributed by atoms with Crippen molar-refractivity contribution in [1.82, 2.24) is 15.2 Å². The second-order valence-electron chi connectivity index (χ2n) is 8.35. The SMILES string of the molecule is CNC(=O)C1(c2ccccc2)CCN(Cc2ccc3[nH]c4ccccc4c3c2)CC1. The van der Waals surface area contributed by atoms with Crippen LogP contribution < -0.4 is 5.32 Å². The molecule has 0 saturated carbocycles. The van der Waals surface area contributed by atoms with Gasteiger partial charge in [0.1, 0.15) is 0 Å². The lowest BCUT2D eigenvalue weighted by Gasteiger charge is -2.41. The molecule has 30 heavy (non-hydrogen) atoms. The number of carbonyl (C=O) groups excluding carboxylic acids is 1. The van der Waals surface area contributed by atoms with Gasteiger partial charge in [0, 0.05) is 35.4 Å². The molecule has 1 aliphatic rings. The van der Waals surface area contributed by atoms with Gasteiger partial charge in [-0.05, 0) is 55.3 Å². The van der Waals surface area contributed by atoms with Crippen LogP contribution in [0.3, 0.4) is 0 Å². The summed E-state index contributed by atoms with van der Waals surface area (Å²) >= 11 is 0. The molecular weight excluding hydrogens is 370 g/mol. The van der Waals surface area contributed by atoms with E-state index in [-0.39, 0.29) is 5.91 Å². The van der Waals surface area contributed by atoms with Crippen molar-refractivity contribution < 1.29 is 4.79 Å². The molecule has 0 atom stereocenters. The van der Waals surface area contributed by atoms with Crippen molar-refractivity contribution in [2.75, 3.05) is 20.1 Å². The number of hydrogen-bond acceptors (Lipinski definition) is 2. The number of nitrogens with one attached hydrogen (secondary N) is 2. The third-order valence-corrected chi connectivity index (χ3v) is 6.67.